The van der Waals surface area contributed by atoms with Crippen LogP contribution in [0.4, 0.5) is 8.78 Å². The van der Waals surface area contributed by atoms with E-state index >= 15 is 4.39 Å². The molecule has 1 aromatic rings. The molecule has 5 nitrogen and oxygen atoms in total. The maximum absolute atomic E-state index is 17.5. The van der Waals surface area contributed by atoms with Gasteiger partial charge in [-0.3, -0.25) is 9.59 Å². The molecule has 44 heavy (non-hydrogen) atoms. The van der Waals surface area contributed by atoms with E-state index in [-0.39, 0.29) is 51.6 Å². The molecule has 6 fully saturated rings. The number of esters is 1. The van der Waals surface area contributed by atoms with Crippen molar-refractivity contribution in [2.24, 2.45) is 50.2 Å². The fourth-order valence-corrected chi connectivity index (χ4v) is 12.7. The normalized spacial score (nSPS) is 47.6. The molecule has 5 aliphatic carbocycles. The number of nitrogens with zero attached hydrogens (tertiary/aromatic N) is 1. The van der Waals surface area contributed by atoms with Gasteiger partial charge in [0, 0.05) is 22.3 Å². The van der Waals surface area contributed by atoms with Crippen LogP contribution >= 0.6 is 0 Å². The first-order valence-electron chi connectivity index (χ1n) is 16.7. The van der Waals surface area contributed by atoms with E-state index in [2.05, 4.69) is 39.6 Å². The van der Waals surface area contributed by atoms with Crippen molar-refractivity contribution in [2.75, 3.05) is 7.11 Å². The van der Waals surface area contributed by atoms with Gasteiger partial charge in [0.05, 0.1) is 18.7 Å². The lowest BCUT2D eigenvalue weighted by atomic mass is 9.30. The number of carbonyl (C=O) groups excluding carboxylic acids is 2. The van der Waals surface area contributed by atoms with Crippen molar-refractivity contribution in [2.45, 2.75) is 118 Å². The molecule has 1 aromatic heterocycles. The van der Waals surface area contributed by atoms with Crippen molar-refractivity contribution in [1.29, 1.82) is 0 Å². The molecule has 5 saturated carbocycles. The van der Waals surface area contributed by atoms with Gasteiger partial charge in [0.15, 0.2) is 11.4 Å². The summed E-state index contributed by atoms with van der Waals surface area (Å²) in [4.78, 5) is 32.1. The van der Waals surface area contributed by atoms with Gasteiger partial charge in [-0.05, 0) is 104 Å². The first-order chi connectivity index (χ1) is 20.4. The number of alkyl halides is 1. The minimum Gasteiger partial charge on any atom is -0.481 e. The molecule has 0 aromatic carbocycles. The second-order valence-corrected chi connectivity index (χ2v) is 17.5. The van der Waals surface area contributed by atoms with Gasteiger partial charge in [-0.1, -0.05) is 48.5 Å². The molecular weight excluding hydrogens is 560 g/mol. The Morgan fingerprint density at radius 3 is 2.39 bits per heavy atom. The largest absolute Gasteiger partial charge is 0.481 e. The van der Waals surface area contributed by atoms with E-state index in [1.807, 2.05) is 13.8 Å². The van der Waals surface area contributed by atoms with E-state index < -0.39 is 33.8 Å². The number of pyridine rings is 1. The summed E-state index contributed by atoms with van der Waals surface area (Å²) in [5, 5.41) is 0. The predicted octanol–water partition coefficient (Wildman–Crippen LogP) is 8.30. The van der Waals surface area contributed by atoms with Gasteiger partial charge in [0.25, 0.3) is 0 Å². The summed E-state index contributed by atoms with van der Waals surface area (Å²) in [5.74, 6) is -0.393. The summed E-state index contributed by atoms with van der Waals surface area (Å²) in [5.41, 5.74) is -2.47. The first kappa shape index (κ1) is 30.3. The van der Waals surface area contributed by atoms with Crippen LogP contribution in [0.1, 0.15) is 112 Å². The van der Waals surface area contributed by atoms with E-state index in [4.69, 9.17) is 9.47 Å². The van der Waals surface area contributed by atoms with Crippen LogP contribution in [0.3, 0.4) is 0 Å². The zero-order valence-corrected chi connectivity index (χ0v) is 27.7. The molecule has 1 aliphatic heterocycles. The van der Waals surface area contributed by atoms with E-state index in [0.29, 0.717) is 24.0 Å². The zero-order chi connectivity index (χ0) is 31.9. The standard InChI is InChI=1S/C37H49F2NO4/c1-31(2)11-13-36-14-12-35(7)34(6)10-9-24-32(3,4)28(41)22(15-21-16-23(38)20-40-29(21)43-8)18-33(24,5)25(34)17-27(39)37(35,26(36)19-31)44-30(36)42/h15-16,20,24-27H,9-14,17-19H2,1-8H3/b22-15+/t24-,25+,26+,27+,33-,34+,35-,36-,37+/m0/s1. The number of carbonyl (C=O) groups is 2. The molecule has 240 valence electrons. The molecular formula is C37H49F2NO4. The molecule has 7 rings (SSSR count). The van der Waals surface area contributed by atoms with Crippen LogP contribution in [0, 0.1) is 56.1 Å². The maximum Gasteiger partial charge on any atom is 0.313 e. The lowest BCUT2D eigenvalue weighted by Crippen LogP contribution is -2.75. The minimum absolute atomic E-state index is 0.0221. The lowest BCUT2D eigenvalue weighted by molar-refractivity contribution is -0.299. The molecule has 7 heteroatoms. The third-order valence-electron chi connectivity index (χ3n) is 15.0. The van der Waals surface area contributed by atoms with Gasteiger partial charge in [-0.25, -0.2) is 13.8 Å². The summed E-state index contributed by atoms with van der Waals surface area (Å²) in [7, 11) is 1.49. The highest BCUT2D eigenvalue weighted by atomic mass is 19.1. The number of hydrogen-bond acceptors (Lipinski definition) is 5. The number of Topliss-reactive ketones (excluding diaryl/α,β-unsaturated/α-hetero) is 1. The highest BCUT2D eigenvalue weighted by Gasteiger charge is 2.84. The van der Waals surface area contributed by atoms with Gasteiger partial charge in [0.1, 0.15) is 12.0 Å². The molecule has 0 amide bonds. The fourth-order valence-electron chi connectivity index (χ4n) is 12.7. The number of ketones is 1. The fraction of sp³-hybridized carbons (Fsp3) is 0.757. The number of rotatable bonds is 2. The average molecular weight is 610 g/mol. The smallest absolute Gasteiger partial charge is 0.313 e. The predicted molar refractivity (Wildman–Crippen MR) is 164 cm³/mol. The number of halogens is 2. The van der Waals surface area contributed by atoms with E-state index in [1.165, 1.54) is 13.2 Å². The van der Waals surface area contributed by atoms with Crippen LogP contribution in [0.5, 0.6) is 5.88 Å². The molecule has 1 spiro atoms. The summed E-state index contributed by atoms with van der Waals surface area (Å²) >= 11 is 0. The van der Waals surface area contributed by atoms with Crippen LogP contribution in [0.15, 0.2) is 17.8 Å². The van der Waals surface area contributed by atoms with Gasteiger partial charge < -0.3 is 9.47 Å². The molecule has 6 aliphatic rings. The Morgan fingerprint density at radius 2 is 1.68 bits per heavy atom. The van der Waals surface area contributed by atoms with Crippen molar-refractivity contribution in [3.8, 4) is 5.88 Å². The number of aromatic nitrogens is 1. The van der Waals surface area contributed by atoms with Crippen LogP contribution in [0.25, 0.3) is 6.08 Å². The van der Waals surface area contributed by atoms with Crippen molar-refractivity contribution < 1.29 is 27.8 Å². The highest BCUT2D eigenvalue weighted by Crippen LogP contribution is 2.81. The molecule has 1 saturated heterocycles. The van der Waals surface area contributed by atoms with Gasteiger partial charge in [-0.2, -0.15) is 0 Å². The average Bonchev–Trinajstić information content (AvgIpc) is 3.13. The van der Waals surface area contributed by atoms with Crippen molar-refractivity contribution in [1.82, 2.24) is 4.98 Å². The maximum atomic E-state index is 17.5. The number of allylic oxidation sites excluding steroid dienone is 1. The second-order valence-electron chi connectivity index (χ2n) is 17.5. The van der Waals surface area contributed by atoms with Gasteiger partial charge >= 0.3 is 5.97 Å². The zero-order valence-electron chi connectivity index (χ0n) is 27.7. The monoisotopic (exact) mass is 609 g/mol. The minimum atomic E-state index is -1.27. The molecule has 0 unspecified atom stereocenters. The molecule has 9 atom stereocenters. The third-order valence-corrected chi connectivity index (χ3v) is 15.0. The summed E-state index contributed by atoms with van der Waals surface area (Å²) < 4.78 is 43.8. The summed E-state index contributed by atoms with van der Waals surface area (Å²) in [6.45, 7) is 15.5. The van der Waals surface area contributed by atoms with E-state index in [9.17, 15) is 14.0 Å². The summed E-state index contributed by atoms with van der Waals surface area (Å²) in [6.07, 6.45) is 8.24. The van der Waals surface area contributed by atoms with Crippen LogP contribution in [-0.2, 0) is 14.3 Å². The molecule has 0 N–H and O–H groups in total. The van der Waals surface area contributed by atoms with Gasteiger partial charge in [0.2, 0.25) is 5.88 Å². The Morgan fingerprint density at radius 1 is 0.977 bits per heavy atom. The Hall–Kier alpha value is -2.31. The molecule has 2 bridgehead atoms. The topological polar surface area (TPSA) is 65.5 Å². The Bertz CT molecular complexity index is 1490. The van der Waals surface area contributed by atoms with Crippen LogP contribution in [-0.4, -0.2) is 35.6 Å². The first-order valence-corrected chi connectivity index (χ1v) is 16.7. The Balaban J connectivity index is 1.35. The molecule has 0 radical (unpaired) electrons. The third kappa shape index (κ3) is 3.43. The number of ether oxygens (including phenoxy) is 2. The highest BCUT2D eigenvalue weighted by molar-refractivity contribution is 6.04. The van der Waals surface area contributed by atoms with Gasteiger partial charge in [-0.15, -0.1) is 0 Å². The van der Waals surface area contributed by atoms with E-state index in [1.54, 1.807) is 6.08 Å². The SMILES string of the molecule is COc1ncc(F)cc1/C=C1\C[C@]2(C)[C@H]3C[C@@H](F)[C@]45OC(=O)[C@@]6(CCC(C)(C)C[C@H]64)CC[C@@]5(C)[C@]3(C)CC[C@H]2C(C)(C)C1=O. The van der Waals surface area contributed by atoms with Crippen molar-refractivity contribution in [3.05, 3.63) is 29.2 Å². The summed E-state index contributed by atoms with van der Waals surface area (Å²) in [6, 6.07) is 1.36. The van der Waals surface area contributed by atoms with Crippen molar-refractivity contribution in [3.63, 3.8) is 0 Å². The van der Waals surface area contributed by atoms with Crippen molar-refractivity contribution >= 4 is 17.8 Å². The Kier molecular flexibility index (Phi) is 6.16. The van der Waals surface area contributed by atoms with E-state index in [0.717, 1.165) is 51.1 Å². The number of fused-ring (bicyclic) bond motifs is 4. The number of hydrogen-bond donors (Lipinski definition) is 0. The quantitative estimate of drug-likeness (QED) is 0.249. The van der Waals surface area contributed by atoms with Crippen LogP contribution in [0.2, 0.25) is 0 Å². The Labute approximate surface area is 260 Å². The second kappa shape index (κ2) is 8.94. The lowest BCUT2D eigenvalue weighted by Gasteiger charge is -2.74. The van der Waals surface area contributed by atoms with Crippen LogP contribution < -0.4 is 4.74 Å². The number of methoxy groups -OCH3 is 1. The molecule has 2 heterocycles.